The fourth-order valence-electron chi connectivity index (χ4n) is 0.521. The summed E-state index contributed by atoms with van der Waals surface area (Å²) in [4.78, 5) is 0. The highest BCUT2D eigenvalue weighted by atomic mass is 19.1. The van der Waals surface area contributed by atoms with Crippen LogP contribution < -0.4 is 0 Å². The smallest absolute Gasteiger partial charge is 0.0894 e. The molecule has 0 spiro atoms. The minimum absolute atomic E-state index is 0.139. The van der Waals surface area contributed by atoms with Crippen molar-refractivity contribution in [2.24, 2.45) is 0 Å². The van der Waals surface area contributed by atoms with Crippen LogP contribution in [-0.2, 0) is 0 Å². The minimum Gasteiger partial charge on any atom is -0.251 e. The molecule has 0 saturated carbocycles. The second-order valence-electron chi connectivity index (χ2n) is 1.75. The van der Waals surface area contributed by atoms with Crippen LogP contribution in [0.15, 0.2) is 0 Å². The van der Waals surface area contributed by atoms with Crippen LogP contribution in [-0.4, -0.2) is 6.67 Å². The van der Waals surface area contributed by atoms with E-state index in [9.17, 15) is 4.39 Å². The first-order chi connectivity index (χ1) is 4.41. The third-order valence-electron chi connectivity index (χ3n) is 0.987. The monoisotopic (exact) mass is 131 g/mol. The number of halogens is 1. The Kier molecular flexibility index (Phi) is 19.6. The maximum absolute atomic E-state index is 11.3. The van der Waals surface area contributed by atoms with Gasteiger partial charge in [0.2, 0.25) is 0 Å². The van der Waals surface area contributed by atoms with Gasteiger partial charge in [-0.1, -0.05) is 26.2 Å². The highest BCUT2D eigenvalue weighted by Gasteiger charge is 1.82. The summed E-state index contributed by atoms with van der Waals surface area (Å²) in [5.74, 6) is 0. The quantitative estimate of drug-likeness (QED) is 0.538. The fourth-order valence-corrected chi connectivity index (χ4v) is 0.521. The molecule has 1 nitrogen and oxygen atoms in total. The molecule has 0 saturated heterocycles. The van der Waals surface area contributed by atoms with Gasteiger partial charge in [-0.05, 0) is 6.42 Å². The first-order valence-electron chi connectivity index (χ1n) is 3.23. The van der Waals surface area contributed by atoms with Crippen LogP contribution in [0.4, 0.5) is 4.39 Å². The molecule has 0 aliphatic carbocycles. The van der Waals surface area contributed by atoms with Gasteiger partial charge in [-0.2, -0.15) is 0 Å². The zero-order valence-electron chi connectivity index (χ0n) is 5.94. The maximum Gasteiger partial charge on any atom is 0.0894 e. The molecule has 0 bridgehead atoms. The largest absolute Gasteiger partial charge is 0.251 e. The van der Waals surface area contributed by atoms with E-state index >= 15 is 0 Å². The summed E-state index contributed by atoms with van der Waals surface area (Å²) in [5.41, 5.74) is 0. The summed E-state index contributed by atoms with van der Waals surface area (Å²) < 4.78 is 11.3. The molecule has 0 aliphatic heterocycles. The van der Waals surface area contributed by atoms with E-state index in [1.807, 2.05) is 0 Å². The highest BCUT2D eigenvalue weighted by molar-refractivity contribution is 4.36. The maximum atomic E-state index is 11.3. The molecule has 0 aliphatic rings. The van der Waals surface area contributed by atoms with E-state index in [-0.39, 0.29) is 6.67 Å². The van der Waals surface area contributed by atoms with Gasteiger partial charge in [-0.25, -0.2) is 5.26 Å². The van der Waals surface area contributed by atoms with Crippen LogP contribution in [0.3, 0.4) is 0 Å². The Balaban J connectivity index is 0. The first-order valence-corrected chi connectivity index (χ1v) is 3.23. The fraction of sp³-hybridized carbons (Fsp3) is 0.857. The molecule has 0 N–H and O–H groups in total. The van der Waals surface area contributed by atoms with E-state index in [4.69, 9.17) is 5.26 Å². The van der Waals surface area contributed by atoms with E-state index < -0.39 is 0 Å². The third-order valence-corrected chi connectivity index (χ3v) is 0.987. The van der Waals surface area contributed by atoms with Crippen LogP contribution in [0.2, 0.25) is 0 Å². The first kappa shape index (κ1) is 11.2. The van der Waals surface area contributed by atoms with Crippen molar-refractivity contribution in [1.82, 2.24) is 0 Å². The van der Waals surface area contributed by atoms with E-state index in [1.54, 1.807) is 0 Å². The van der Waals surface area contributed by atoms with Crippen molar-refractivity contribution >= 4 is 0 Å². The second-order valence-corrected chi connectivity index (χ2v) is 1.75. The number of hydrogen-bond donors (Lipinski definition) is 0. The number of alkyl halides is 1. The molecule has 0 aromatic heterocycles. The SMILES string of the molecule is C#N.CCCCCCF. The predicted octanol–water partition coefficient (Wildman–Crippen LogP) is 2.68. The molecule has 0 radical (unpaired) electrons. The topological polar surface area (TPSA) is 23.8 Å². The van der Waals surface area contributed by atoms with Gasteiger partial charge in [0.05, 0.1) is 6.67 Å². The number of nitrogens with zero attached hydrogens (tertiary/aromatic N) is 1. The summed E-state index contributed by atoms with van der Waals surface area (Å²) in [5, 5.41) is 6.50. The molecule has 0 aromatic rings. The molecule has 0 fully saturated rings. The molecule has 9 heavy (non-hydrogen) atoms. The van der Waals surface area contributed by atoms with Crippen molar-refractivity contribution in [3.63, 3.8) is 0 Å². The number of hydrogen-bond acceptors (Lipinski definition) is 1. The lowest BCUT2D eigenvalue weighted by molar-refractivity contribution is 0.455. The Morgan fingerprint density at radius 1 is 1.22 bits per heavy atom. The molecule has 0 amide bonds. The molecular formula is C7H14FN. The Morgan fingerprint density at radius 3 is 2.11 bits per heavy atom. The average Bonchev–Trinajstić information content (AvgIpc) is 1.94. The summed E-state index contributed by atoms with van der Waals surface area (Å²) in [7, 11) is 0. The van der Waals surface area contributed by atoms with Crippen molar-refractivity contribution in [1.29, 1.82) is 5.26 Å². The molecule has 0 unspecified atom stereocenters. The van der Waals surface area contributed by atoms with Crippen LogP contribution in [0.1, 0.15) is 32.6 Å². The van der Waals surface area contributed by atoms with Gasteiger partial charge in [0.1, 0.15) is 0 Å². The lowest BCUT2D eigenvalue weighted by atomic mass is 10.2. The number of unbranched alkanes of at least 4 members (excludes halogenated alkanes) is 3. The molecule has 0 heterocycles. The van der Waals surface area contributed by atoms with Crippen molar-refractivity contribution < 1.29 is 4.39 Å². The Labute approximate surface area is 56.5 Å². The lowest BCUT2D eigenvalue weighted by Crippen LogP contribution is -1.75. The lowest BCUT2D eigenvalue weighted by Gasteiger charge is -1.89. The van der Waals surface area contributed by atoms with Gasteiger partial charge < -0.3 is 0 Å². The molecule has 0 aromatic carbocycles. The van der Waals surface area contributed by atoms with Gasteiger partial charge in [0.15, 0.2) is 0 Å². The summed E-state index contributed by atoms with van der Waals surface area (Å²) in [6.45, 7) is 5.48. The predicted molar refractivity (Wildman–Crippen MR) is 36.8 cm³/mol. The number of rotatable bonds is 4. The van der Waals surface area contributed by atoms with E-state index in [0.717, 1.165) is 12.8 Å². The van der Waals surface area contributed by atoms with E-state index in [1.165, 1.54) is 12.8 Å². The summed E-state index contributed by atoms with van der Waals surface area (Å²) >= 11 is 0. The molecule has 0 rings (SSSR count). The average molecular weight is 131 g/mol. The molecular weight excluding hydrogens is 117 g/mol. The van der Waals surface area contributed by atoms with Crippen molar-refractivity contribution in [3.8, 4) is 6.57 Å². The van der Waals surface area contributed by atoms with Crippen LogP contribution in [0, 0.1) is 11.8 Å². The van der Waals surface area contributed by atoms with Gasteiger partial charge in [0, 0.05) is 6.57 Å². The Morgan fingerprint density at radius 2 is 1.78 bits per heavy atom. The minimum atomic E-state index is -0.139. The van der Waals surface area contributed by atoms with Crippen LogP contribution >= 0.6 is 0 Å². The van der Waals surface area contributed by atoms with E-state index in [2.05, 4.69) is 13.5 Å². The van der Waals surface area contributed by atoms with Crippen LogP contribution in [0.25, 0.3) is 0 Å². The van der Waals surface area contributed by atoms with E-state index in [0.29, 0.717) is 0 Å². The Hall–Kier alpha value is -0.580. The van der Waals surface area contributed by atoms with Gasteiger partial charge >= 0.3 is 0 Å². The highest BCUT2D eigenvalue weighted by Crippen LogP contribution is 1.97. The van der Waals surface area contributed by atoms with Crippen LogP contribution in [0.5, 0.6) is 0 Å². The van der Waals surface area contributed by atoms with Gasteiger partial charge in [-0.15, -0.1) is 0 Å². The summed E-state index contributed by atoms with van der Waals surface area (Å²) in [6, 6.07) is 0. The second kappa shape index (κ2) is 15.7. The molecule has 54 valence electrons. The zero-order valence-corrected chi connectivity index (χ0v) is 5.94. The standard InChI is InChI=1S/C6H13F.CHN/c1-2-3-4-5-6-7;1-2/h2-6H2,1H3;1H. The number of nitriles is 1. The molecule has 2 heteroatoms. The Bertz CT molecular complexity index is 48.1. The zero-order chi connectivity index (χ0) is 7.54. The van der Waals surface area contributed by atoms with Gasteiger partial charge in [0.25, 0.3) is 0 Å². The van der Waals surface area contributed by atoms with Crippen molar-refractivity contribution in [2.75, 3.05) is 6.67 Å². The van der Waals surface area contributed by atoms with Crippen molar-refractivity contribution in [2.45, 2.75) is 32.6 Å². The normalized spacial score (nSPS) is 7.56. The summed E-state index contributed by atoms with van der Waals surface area (Å²) in [6.07, 6.45) is 4.20. The third kappa shape index (κ3) is 18.6. The van der Waals surface area contributed by atoms with Crippen molar-refractivity contribution in [3.05, 3.63) is 0 Å². The molecule has 0 atom stereocenters. The van der Waals surface area contributed by atoms with Gasteiger partial charge in [-0.3, -0.25) is 4.39 Å².